The van der Waals surface area contributed by atoms with Crippen LogP contribution in [0.3, 0.4) is 0 Å². The Hall–Kier alpha value is -1.65. The summed E-state index contributed by atoms with van der Waals surface area (Å²) < 4.78 is 0. The highest BCUT2D eigenvalue weighted by Crippen LogP contribution is 2.11. The zero-order valence-corrected chi connectivity index (χ0v) is 15.5. The number of benzene rings is 1. The molecule has 1 aromatic carbocycles. The second-order valence-corrected chi connectivity index (χ2v) is 6.81. The van der Waals surface area contributed by atoms with Crippen molar-refractivity contribution in [3.8, 4) is 0 Å². The van der Waals surface area contributed by atoms with E-state index in [0.717, 1.165) is 39.3 Å². The third-order valence-electron chi connectivity index (χ3n) is 4.94. The Morgan fingerprint density at radius 2 is 1.83 bits per heavy atom. The Kier molecular flexibility index (Phi) is 7.00. The van der Waals surface area contributed by atoms with E-state index in [1.165, 1.54) is 11.1 Å². The Bertz CT molecular complexity index is 547. The van der Waals surface area contributed by atoms with Crippen LogP contribution in [-0.4, -0.2) is 66.4 Å². The maximum atomic E-state index is 12.8. The van der Waals surface area contributed by atoms with Crippen LogP contribution in [0.25, 0.3) is 0 Å². The normalized spacial score (nSPS) is 18.0. The van der Waals surface area contributed by atoms with Crippen LogP contribution in [0.4, 0.5) is 0 Å². The Morgan fingerprint density at radius 1 is 1.21 bits per heavy atom. The molecule has 1 amide bonds. The second kappa shape index (κ2) is 9.00. The SMILES string of the molecule is CC=C(C)CN1CCN(C(=O)[C@H](C)N(C)Cc2ccccc2)CC1. The van der Waals surface area contributed by atoms with Gasteiger partial charge in [0.1, 0.15) is 0 Å². The van der Waals surface area contributed by atoms with E-state index in [2.05, 4.69) is 41.9 Å². The van der Waals surface area contributed by atoms with E-state index in [1.807, 2.05) is 37.1 Å². The largest absolute Gasteiger partial charge is 0.339 e. The molecule has 1 aliphatic heterocycles. The molecular formula is C20H31N3O. The predicted octanol–water partition coefficient (Wildman–Crippen LogP) is 2.62. The molecule has 1 fully saturated rings. The minimum Gasteiger partial charge on any atom is -0.339 e. The van der Waals surface area contributed by atoms with Gasteiger partial charge in [0.15, 0.2) is 0 Å². The highest BCUT2D eigenvalue weighted by atomic mass is 16.2. The fourth-order valence-electron chi connectivity index (χ4n) is 3.03. The Morgan fingerprint density at radius 3 is 2.42 bits per heavy atom. The van der Waals surface area contributed by atoms with Crippen molar-refractivity contribution in [2.75, 3.05) is 39.8 Å². The average molecular weight is 329 g/mol. The van der Waals surface area contributed by atoms with Crippen LogP contribution in [0.15, 0.2) is 42.0 Å². The van der Waals surface area contributed by atoms with Crippen molar-refractivity contribution in [1.29, 1.82) is 0 Å². The lowest BCUT2D eigenvalue weighted by molar-refractivity contribution is -0.137. The van der Waals surface area contributed by atoms with Crippen LogP contribution in [-0.2, 0) is 11.3 Å². The summed E-state index contributed by atoms with van der Waals surface area (Å²) in [5, 5.41) is 0. The summed E-state index contributed by atoms with van der Waals surface area (Å²) in [5.74, 6) is 0.246. The number of rotatable bonds is 6. The number of nitrogens with zero attached hydrogens (tertiary/aromatic N) is 3. The standard InChI is InChI=1S/C20H31N3O/c1-5-17(2)15-22-11-13-23(14-12-22)20(24)18(3)21(4)16-19-9-7-6-8-10-19/h5-10,18H,11-16H2,1-4H3/t18-/m0/s1. The van der Waals surface area contributed by atoms with Crippen LogP contribution < -0.4 is 0 Å². The van der Waals surface area contributed by atoms with Gasteiger partial charge in [0.2, 0.25) is 5.91 Å². The topological polar surface area (TPSA) is 26.8 Å². The molecule has 0 N–H and O–H groups in total. The summed E-state index contributed by atoms with van der Waals surface area (Å²) >= 11 is 0. The molecule has 0 bridgehead atoms. The van der Waals surface area contributed by atoms with Crippen LogP contribution in [0.1, 0.15) is 26.3 Å². The second-order valence-electron chi connectivity index (χ2n) is 6.81. The molecule has 2 rings (SSSR count). The summed E-state index contributed by atoms with van der Waals surface area (Å²) in [7, 11) is 2.03. The highest BCUT2D eigenvalue weighted by molar-refractivity contribution is 5.81. The molecule has 1 saturated heterocycles. The van der Waals surface area contributed by atoms with Gasteiger partial charge in [-0.2, -0.15) is 0 Å². The molecular weight excluding hydrogens is 298 g/mol. The zero-order valence-electron chi connectivity index (χ0n) is 15.5. The first kappa shape index (κ1) is 18.7. The zero-order chi connectivity index (χ0) is 17.5. The fourth-order valence-corrected chi connectivity index (χ4v) is 3.03. The number of hydrogen-bond donors (Lipinski definition) is 0. The van der Waals surface area contributed by atoms with E-state index in [4.69, 9.17) is 0 Å². The van der Waals surface area contributed by atoms with Gasteiger partial charge in [0, 0.05) is 39.3 Å². The molecule has 1 atom stereocenters. The Labute approximate surface area is 146 Å². The first-order chi connectivity index (χ1) is 11.5. The number of carbonyl (C=O) groups is 1. The van der Waals surface area contributed by atoms with Gasteiger partial charge in [-0.3, -0.25) is 14.6 Å². The van der Waals surface area contributed by atoms with Gasteiger partial charge in [-0.1, -0.05) is 42.0 Å². The van der Waals surface area contributed by atoms with Crippen molar-refractivity contribution >= 4 is 5.91 Å². The van der Waals surface area contributed by atoms with Crippen molar-refractivity contribution in [1.82, 2.24) is 14.7 Å². The van der Waals surface area contributed by atoms with E-state index in [1.54, 1.807) is 0 Å². The quantitative estimate of drug-likeness (QED) is 0.751. The van der Waals surface area contributed by atoms with Crippen molar-refractivity contribution in [2.24, 2.45) is 0 Å². The minimum absolute atomic E-state index is 0.0889. The molecule has 0 aliphatic carbocycles. The van der Waals surface area contributed by atoms with Crippen molar-refractivity contribution in [3.63, 3.8) is 0 Å². The van der Waals surface area contributed by atoms with Gasteiger partial charge < -0.3 is 4.90 Å². The van der Waals surface area contributed by atoms with E-state index in [-0.39, 0.29) is 11.9 Å². The number of allylic oxidation sites excluding steroid dienone is 1. The van der Waals surface area contributed by atoms with Crippen molar-refractivity contribution in [3.05, 3.63) is 47.5 Å². The summed E-state index contributed by atoms with van der Waals surface area (Å²) in [4.78, 5) is 19.4. The first-order valence-electron chi connectivity index (χ1n) is 8.88. The predicted molar refractivity (Wildman–Crippen MR) is 99.8 cm³/mol. The van der Waals surface area contributed by atoms with E-state index >= 15 is 0 Å². The summed E-state index contributed by atoms with van der Waals surface area (Å²) in [6, 6.07) is 10.2. The third kappa shape index (κ3) is 5.18. The summed E-state index contributed by atoms with van der Waals surface area (Å²) in [6.45, 7) is 11.7. The molecule has 0 aromatic heterocycles. The van der Waals surface area contributed by atoms with Gasteiger partial charge in [0.25, 0.3) is 0 Å². The molecule has 0 spiro atoms. The smallest absolute Gasteiger partial charge is 0.239 e. The molecule has 0 unspecified atom stereocenters. The first-order valence-corrected chi connectivity index (χ1v) is 8.88. The molecule has 1 aromatic rings. The van der Waals surface area contributed by atoms with Gasteiger partial charge >= 0.3 is 0 Å². The van der Waals surface area contributed by atoms with E-state index in [9.17, 15) is 4.79 Å². The lowest BCUT2D eigenvalue weighted by atomic mass is 10.1. The molecule has 1 heterocycles. The third-order valence-corrected chi connectivity index (χ3v) is 4.94. The highest BCUT2D eigenvalue weighted by Gasteiger charge is 2.27. The number of amides is 1. The summed E-state index contributed by atoms with van der Waals surface area (Å²) in [5.41, 5.74) is 2.64. The van der Waals surface area contributed by atoms with Crippen molar-refractivity contribution in [2.45, 2.75) is 33.4 Å². The lowest BCUT2D eigenvalue weighted by Crippen LogP contribution is -2.53. The number of piperazine rings is 1. The van der Waals surface area contributed by atoms with Crippen LogP contribution >= 0.6 is 0 Å². The van der Waals surface area contributed by atoms with Crippen LogP contribution in [0.2, 0.25) is 0 Å². The van der Waals surface area contributed by atoms with Gasteiger partial charge in [-0.25, -0.2) is 0 Å². The van der Waals surface area contributed by atoms with Crippen LogP contribution in [0.5, 0.6) is 0 Å². The number of hydrogen-bond acceptors (Lipinski definition) is 3. The van der Waals surface area contributed by atoms with Gasteiger partial charge in [-0.15, -0.1) is 0 Å². The molecule has 24 heavy (non-hydrogen) atoms. The molecule has 4 nitrogen and oxygen atoms in total. The van der Waals surface area contributed by atoms with Crippen molar-refractivity contribution < 1.29 is 4.79 Å². The van der Waals surface area contributed by atoms with Gasteiger partial charge in [-0.05, 0) is 33.4 Å². The lowest BCUT2D eigenvalue weighted by Gasteiger charge is -2.37. The van der Waals surface area contributed by atoms with Crippen LogP contribution in [0, 0.1) is 0 Å². The summed E-state index contributed by atoms with van der Waals surface area (Å²) in [6.07, 6.45) is 2.16. The average Bonchev–Trinajstić information content (AvgIpc) is 2.61. The molecule has 4 heteroatoms. The minimum atomic E-state index is -0.0889. The van der Waals surface area contributed by atoms with E-state index < -0.39 is 0 Å². The van der Waals surface area contributed by atoms with E-state index in [0.29, 0.717) is 0 Å². The Balaban J connectivity index is 1.83. The monoisotopic (exact) mass is 329 g/mol. The number of likely N-dealkylation sites (N-methyl/N-ethyl adjacent to an activating group) is 1. The maximum absolute atomic E-state index is 12.8. The molecule has 132 valence electrons. The number of carbonyl (C=O) groups excluding carboxylic acids is 1. The molecule has 1 aliphatic rings. The fraction of sp³-hybridized carbons (Fsp3) is 0.550. The van der Waals surface area contributed by atoms with Gasteiger partial charge in [0.05, 0.1) is 6.04 Å². The molecule has 0 saturated carbocycles. The maximum Gasteiger partial charge on any atom is 0.239 e. The molecule has 0 radical (unpaired) electrons.